The number of amides is 2. The van der Waals surface area contributed by atoms with Gasteiger partial charge in [-0.15, -0.1) is 0 Å². The van der Waals surface area contributed by atoms with Gasteiger partial charge in [0.25, 0.3) is 5.91 Å². The largest absolute Gasteiger partial charge is 0.493 e. The van der Waals surface area contributed by atoms with Gasteiger partial charge in [-0.3, -0.25) is 9.59 Å². The van der Waals surface area contributed by atoms with Gasteiger partial charge in [-0.2, -0.15) is 5.10 Å². The molecule has 0 aromatic heterocycles. The van der Waals surface area contributed by atoms with Gasteiger partial charge < -0.3 is 19.7 Å². The molecule has 1 saturated heterocycles. The maximum absolute atomic E-state index is 13.2. The van der Waals surface area contributed by atoms with E-state index in [1.165, 1.54) is 12.1 Å². The van der Waals surface area contributed by atoms with Gasteiger partial charge in [0, 0.05) is 38.0 Å². The summed E-state index contributed by atoms with van der Waals surface area (Å²) in [5.41, 5.74) is 4.04. The fourth-order valence-corrected chi connectivity index (χ4v) is 4.40. The Kier molecular flexibility index (Phi) is 9.13. The molecular formula is C26H30ClFN4O4. The van der Waals surface area contributed by atoms with Gasteiger partial charge in [0.2, 0.25) is 5.91 Å². The molecule has 2 aromatic rings. The summed E-state index contributed by atoms with van der Waals surface area (Å²) in [4.78, 5) is 25.7. The lowest BCUT2D eigenvalue weighted by Crippen LogP contribution is -2.46. The topological polar surface area (TPSA) is 92.3 Å². The molecule has 0 spiro atoms. The quantitative estimate of drug-likeness (QED) is 0.471. The van der Waals surface area contributed by atoms with Crippen molar-refractivity contribution < 1.29 is 23.5 Å². The first kappa shape index (κ1) is 25.9. The van der Waals surface area contributed by atoms with E-state index in [0.29, 0.717) is 55.1 Å². The standard InChI is InChI=1S/C26H30ClFN4O4/c27-22-15-18(23-6-8-25(33)31-30-23)5-7-24(22)36-17-26(34)32-12-9-20(10-13-32)29-11-2-14-35-21-4-1-3-19(28)16-21/h1,3-5,7,15-16,20,29H,2,6,8-14,17H2,(H,31,33). The minimum Gasteiger partial charge on any atom is -0.493 e. The van der Waals surface area contributed by atoms with Crippen LogP contribution in [0.5, 0.6) is 11.5 Å². The fourth-order valence-electron chi connectivity index (χ4n) is 4.17. The second-order valence-electron chi connectivity index (χ2n) is 8.80. The van der Waals surface area contributed by atoms with E-state index in [1.807, 2.05) is 11.0 Å². The van der Waals surface area contributed by atoms with Crippen molar-refractivity contribution in [2.45, 2.75) is 38.1 Å². The monoisotopic (exact) mass is 516 g/mol. The van der Waals surface area contributed by atoms with Crippen LogP contribution in [0, 0.1) is 5.82 Å². The van der Waals surface area contributed by atoms with Crippen LogP contribution in [0.1, 0.15) is 37.7 Å². The van der Waals surface area contributed by atoms with Crippen molar-refractivity contribution in [1.82, 2.24) is 15.6 Å². The van der Waals surface area contributed by atoms with Crippen LogP contribution in [0.2, 0.25) is 5.02 Å². The van der Waals surface area contributed by atoms with Gasteiger partial charge in [-0.25, -0.2) is 9.82 Å². The number of likely N-dealkylation sites (tertiary alicyclic amines) is 1. The zero-order valence-corrected chi connectivity index (χ0v) is 20.7. The Hall–Kier alpha value is -3.17. The molecule has 8 nitrogen and oxygen atoms in total. The van der Waals surface area contributed by atoms with Crippen LogP contribution in [0.25, 0.3) is 0 Å². The van der Waals surface area contributed by atoms with Crippen LogP contribution >= 0.6 is 11.6 Å². The number of rotatable bonds is 10. The van der Waals surface area contributed by atoms with Crippen LogP contribution in [0.15, 0.2) is 47.6 Å². The van der Waals surface area contributed by atoms with E-state index in [-0.39, 0.29) is 24.2 Å². The van der Waals surface area contributed by atoms with Crippen molar-refractivity contribution in [3.05, 3.63) is 58.9 Å². The van der Waals surface area contributed by atoms with E-state index in [4.69, 9.17) is 21.1 Å². The summed E-state index contributed by atoms with van der Waals surface area (Å²) in [5, 5.41) is 7.97. The number of carbonyl (C=O) groups excluding carboxylic acids is 2. The highest BCUT2D eigenvalue weighted by Gasteiger charge is 2.23. The SMILES string of the molecule is O=C1CCC(c2ccc(OCC(=O)N3CCC(NCCCOc4cccc(F)c4)CC3)c(Cl)c2)=NN1. The van der Waals surface area contributed by atoms with Crippen LogP contribution in [-0.2, 0) is 9.59 Å². The van der Waals surface area contributed by atoms with Crippen molar-refractivity contribution in [2.24, 2.45) is 5.10 Å². The van der Waals surface area contributed by atoms with Crippen LogP contribution in [0.3, 0.4) is 0 Å². The second kappa shape index (κ2) is 12.7. The molecule has 0 aliphatic carbocycles. The molecule has 0 radical (unpaired) electrons. The first-order valence-electron chi connectivity index (χ1n) is 12.2. The first-order valence-corrected chi connectivity index (χ1v) is 12.5. The van der Waals surface area contributed by atoms with E-state index in [9.17, 15) is 14.0 Å². The number of hydrazone groups is 1. The van der Waals surface area contributed by atoms with Crippen molar-refractivity contribution in [2.75, 3.05) is 32.8 Å². The van der Waals surface area contributed by atoms with Gasteiger partial charge in [-0.05, 0) is 61.7 Å². The third-order valence-corrected chi connectivity index (χ3v) is 6.48. The molecule has 1 fully saturated rings. The Morgan fingerprint density at radius 1 is 1.17 bits per heavy atom. The van der Waals surface area contributed by atoms with Gasteiger partial charge in [0.15, 0.2) is 6.61 Å². The summed E-state index contributed by atoms with van der Waals surface area (Å²) in [7, 11) is 0. The fraction of sp³-hybridized carbons (Fsp3) is 0.423. The van der Waals surface area contributed by atoms with Crippen molar-refractivity contribution in [1.29, 1.82) is 0 Å². The second-order valence-corrected chi connectivity index (χ2v) is 9.20. The first-order chi connectivity index (χ1) is 17.5. The highest BCUT2D eigenvalue weighted by Crippen LogP contribution is 2.27. The Balaban J connectivity index is 1.13. The molecule has 0 bridgehead atoms. The molecule has 2 aliphatic heterocycles. The molecular weight excluding hydrogens is 487 g/mol. The maximum atomic E-state index is 13.2. The van der Waals surface area contributed by atoms with E-state index >= 15 is 0 Å². The number of hydrogen-bond donors (Lipinski definition) is 2. The smallest absolute Gasteiger partial charge is 0.260 e. The predicted octanol–water partition coefficient (Wildman–Crippen LogP) is 3.52. The minimum absolute atomic E-state index is 0.0727. The molecule has 2 amide bonds. The summed E-state index contributed by atoms with van der Waals surface area (Å²) in [6, 6.07) is 11.8. The molecule has 4 rings (SSSR count). The molecule has 0 unspecified atom stereocenters. The van der Waals surface area contributed by atoms with Crippen LogP contribution < -0.4 is 20.2 Å². The molecule has 2 aliphatic rings. The molecule has 10 heteroatoms. The van der Waals surface area contributed by atoms with Crippen LogP contribution in [-0.4, -0.2) is 61.3 Å². The summed E-state index contributed by atoms with van der Waals surface area (Å²) < 4.78 is 24.4. The summed E-state index contributed by atoms with van der Waals surface area (Å²) in [5.74, 6) is 0.494. The van der Waals surface area contributed by atoms with E-state index in [1.54, 1.807) is 24.3 Å². The third kappa shape index (κ3) is 7.41. The number of nitrogens with one attached hydrogen (secondary N) is 2. The highest BCUT2D eigenvalue weighted by molar-refractivity contribution is 6.32. The zero-order chi connectivity index (χ0) is 25.3. The lowest BCUT2D eigenvalue weighted by molar-refractivity contribution is -0.134. The Bertz CT molecular complexity index is 1110. The van der Waals surface area contributed by atoms with Gasteiger partial charge in [-0.1, -0.05) is 17.7 Å². The number of benzene rings is 2. The Labute approximate surface area is 214 Å². The highest BCUT2D eigenvalue weighted by atomic mass is 35.5. The molecule has 2 heterocycles. The van der Waals surface area contributed by atoms with Crippen molar-refractivity contribution in [3.8, 4) is 11.5 Å². The van der Waals surface area contributed by atoms with E-state index < -0.39 is 0 Å². The van der Waals surface area contributed by atoms with Gasteiger partial charge in [0.05, 0.1) is 17.3 Å². The van der Waals surface area contributed by atoms with Gasteiger partial charge in [0.1, 0.15) is 17.3 Å². The summed E-state index contributed by atoms with van der Waals surface area (Å²) in [6.07, 6.45) is 3.48. The minimum atomic E-state index is -0.305. The molecule has 0 saturated carbocycles. The molecule has 192 valence electrons. The number of piperidine rings is 1. The van der Waals surface area contributed by atoms with Crippen molar-refractivity contribution >= 4 is 29.1 Å². The predicted molar refractivity (Wildman–Crippen MR) is 135 cm³/mol. The zero-order valence-electron chi connectivity index (χ0n) is 20.0. The average molecular weight is 517 g/mol. The third-order valence-electron chi connectivity index (χ3n) is 6.19. The summed E-state index contributed by atoms with van der Waals surface area (Å²) >= 11 is 6.35. The lowest BCUT2D eigenvalue weighted by atomic mass is 10.0. The van der Waals surface area contributed by atoms with E-state index in [2.05, 4.69) is 15.8 Å². The Morgan fingerprint density at radius 3 is 2.72 bits per heavy atom. The molecule has 0 atom stereocenters. The number of hydrogen-bond acceptors (Lipinski definition) is 6. The Morgan fingerprint density at radius 2 is 2.00 bits per heavy atom. The van der Waals surface area contributed by atoms with E-state index in [0.717, 1.165) is 37.1 Å². The van der Waals surface area contributed by atoms with Crippen molar-refractivity contribution in [3.63, 3.8) is 0 Å². The lowest BCUT2D eigenvalue weighted by Gasteiger charge is -2.32. The van der Waals surface area contributed by atoms with Gasteiger partial charge >= 0.3 is 0 Å². The number of ether oxygens (including phenoxy) is 2. The number of halogens is 2. The average Bonchev–Trinajstić information content (AvgIpc) is 2.88. The number of carbonyl (C=O) groups is 2. The normalized spacial score (nSPS) is 16.3. The maximum Gasteiger partial charge on any atom is 0.260 e. The molecule has 36 heavy (non-hydrogen) atoms. The molecule has 2 N–H and O–H groups in total. The van der Waals surface area contributed by atoms with Crippen LogP contribution in [0.4, 0.5) is 4.39 Å². The molecule has 2 aromatic carbocycles. The summed E-state index contributed by atoms with van der Waals surface area (Å²) in [6.45, 7) is 2.56. The number of nitrogens with zero attached hydrogens (tertiary/aromatic N) is 2.